The third-order valence-corrected chi connectivity index (χ3v) is 2.58. The molecule has 1 N–H and O–H groups in total. The zero-order chi connectivity index (χ0) is 8.43. The maximum Gasteiger partial charge on any atom is 0.134 e. The molecule has 4 heteroatoms. The molecule has 0 saturated carbocycles. The second-order valence-electron chi connectivity index (χ2n) is 1.94. The molecule has 0 fully saturated rings. The van der Waals surface area contributed by atoms with Crippen LogP contribution in [-0.2, 0) is 0 Å². The number of benzene rings is 1. The van der Waals surface area contributed by atoms with Gasteiger partial charge in [-0.25, -0.2) is 0 Å². The Hall–Kier alpha value is -0.410. The topological polar surface area (TPSA) is 29.5 Å². The smallest absolute Gasteiger partial charge is 0.134 e. The average molecular weight is 237 g/mol. The highest BCUT2D eigenvalue weighted by atomic mass is 79.9. The first-order valence-electron chi connectivity index (χ1n) is 2.87. The molecule has 0 aliphatic heterocycles. The van der Waals surface area contributed by atoms with Crippen LogP contribution in [0.4, 0.5) is 0 Å². The van der Waals surface area contributed by atoms with E-state index in [4.69, 9.17) is 16.3 Å². The number of phenols is 1. The van der Waals surface area contributed by atoms with Gasteiger partial charge in [0, 0.05) is 12.1 Å². The van der Waals surface area contributed by atoms with Crippen molar-refractivity contribution in [2.75, 3.05) is 7.11 Å². The molecule has 11 heavy (non-hydrogen) atoms. The Labute approximate surface area is 77.9 Å². The van der Waals surface area contributed by atoms with E-state index in [-0.39, 0.29) is 5.75 Å². The van der Waals surface area contributed by atoms with Crippen molar-refractivity contribution in [3.8, 4) is 11.5 Å². The van der Waals surface area contributed by atoms with E-state index in [1.54, 1.807) is 6.07 Å². The predicted molar refractivity (Wildman–Crippen MR) is 47.4 cm³/mol. The van der Waals surface area contributed by atoms with E-state index in [0.29, 0.717) is 15.2 Å². The van der Waals surface area contributed by atoms with Crippen molar-refractivity contribution >= 4 is 27.5 Å². The molecule has 0 aliphatic rings. The van der Waals surface area contributed by atoms with Crippen LogP contribution >= 0.6 is 27.5 Å². The minimum Gasteiger partial charge on any atom is -0.507 e. The highest BCUT2D eigenvalue weighted by Crippen LogP contribution is 2.35. The number of halogens is 2. The van der Waals surface area contributed by atoms with Crippen LogP contribution in [-0.4, -0.2) is 12.2 Å². The molecule has 0 aliphatic carbocycles. The molecule has 0 atom stereocenters. The first kappa shape index (κ1) is 8.68. The van der Waals surface area contributed by atoms with Crippen molar-refractivity contribution in [3.05, 3.63) is 21.6 Å². The number of aromatic hydroxyl groups is 1. The Morgan fingerprint density at radius 3 is 2.64 bits per heavy atom. The van der Waals surface area contributed by atoms with Crippen molar-refractivity contribution in [2.24, 2.45) is 0 Å². The summed E-state index contributed by atoms with van der Waals surface area (Å²) in [5.74, 6) is 0.616. The summed E-state index contributed by atoms with van der Waals surface area (Å²) in [5.41, 5.74) is 0. The third kappa shape index (κ3) is 1.79. The second-order valence-corrected chi connectivity index (χ2v) is 3.14. The Bertz CT molecular complexity index is 252. The van der Waals surface area contributed by atoms with Crippen LogP contribution in [0.15, 0.2) is 16.6 Å². The molecule has 0 spiro atoms. The van der Waals surface area contributed by atoms with Crippen LogP contribution in [0, 0.1) is 0 Å². The van der Waals surface area contributed by atoms with Crippen LogP contribution in [0.25, 0.3) is 0 Å². The molecule has 0 radical (unpaired) electrons. The van der Waals surface area contributed by atoms with Gasteiger partial charge in [-0.05, 0) is 15.9 Å². The quantitative estimate of drug-likeness (QED) is 0.814. The number of phenolic OH excluding ortho intramolecular Hbond substituents is 1. The minimum absolute atomic E-state index is 0.0781. The lowest BCUT2D eigenvalue weighted by atomic mass is 10.3. The van der Waals surface area contributed by atoms with Crippen molar-refractivity contribution < 1.29 is 9.84 Å². The molecule has 2 nitrogen and oxygen atoms in total. The number of hydrogen-bond donors (Lipinski definition) is 1. The summed E-state index contributed by atoms with van der Waals surface area (Å²) in [7, 11) is 1.51. The largest absolute Gasteiger partial charge is 0.507 e. The van der Waals surface area contributed by atoms with Crippen molar-refractivity contribution in [1.29, 1.82) is 0 Å². The molecule has 0 saturated heterocycles. The van der Waals surface area contributed by atoms with E-state index in [0.717, 1.165) is 0 Å². The van der Waals surface area contributed by atoms with E-state index >= 15 is 0 Å². The number of ether oxygens (including phenoxy) is 1. The summed E-state index contributed by atoms with van der Waals surface area (Å²) in [6.07, 6.45) is 0. The Morgan fingerprint density at radius 2 is 2.18 bits per heavy atom. The molecule has 1 aromatic rings. The highest BCUT2D eigenvalue weighted by molar-refractivity contribution is 9.10. The third-order valence-electron chi connectivity index (χ3n) is 1.22. The molecule has 0 heterocycles. The van der Waals surface area contributed by atoms with Crippen LogP contribution in [0.2, 0.25) is 5.02 Å². The zero-order valence-corrected chi connectivity index (χ0v) is 8.11. The maximum atomic E-state index is 9.20. The van der Waals surface area contributed by atoms with E-state index in [9.17, 15) is 5.11 Å². The van der Waals surface area contributed by atoms with E-state index in [1.165, 1.54) is 13.2 Å². The maximum absolute atomic E-state index is 9.20. The zero-order valence-electron chi connectivity index (χ0n) is 5.77. The van der Waals surface area contributed by atoms with Gasteiger partial charge in [0.1, 0.15) is 11.5 Å². The van der Waals surface area contributed by atoms with Crippen molar-refractivity contribution in [3.63, 3.8) is 0 Å². The lowest BCUT2D eigenvalue weighted by Crippen LogP contribution is -1.82. The fraction of sp³-hybridized carbons (Fsp3) is 0.143. The highest BCUT2D eigenvalue weighted by Gasteiger charge is 2.05. The normalized spacial score (nSPS) is 9.73. The first-order valence-corrected chi connectivity index (χ1v) is 4.04. The van der Waals surface area contributed by atoms with Gasteiger partial charge >= 0.3 is 0 Å². The molecule has 1 aromatic carbocycles. The van der Waals surface area contributed by atoms with Crippen LogP contribution in [0.1, 0.15) is 0 Å². The Morgan fingerprint density at radius 1 is 1.55 bits per heavy atom. The summed E-state index contributed by atoms with van der Waals surface area (Å²) in [6.45, 7) is 0. The fourth-order valence-corrected chi connectivity index (χ4v) is 1.10. The average Bonchev–Trinajstić information content (AvgIpc) is 1.99. The molecular formula is C7H6BrClO2. The summed E-state index contributed by atoms with van der Waals surface area (Å²) >= 11 is 8.82. The molecule has 0 aromatic heterocycles. The minimum atomic E-state index is 0.0781. The van der Waals surface area contributed by atoms with E-state index in [1.807, 2.05) is 0 Å². The van der Waals surface area contributed by atoms with Crippen LogP contribution < -0.4 is 4.74 Å². The molecule has 0 bridgehead atoms. The summed E-state index contributed by atoms with van der Waals surface area (Å²) in [5, 5.41) is 9.63. The Kier molecular flexibility index (Phi) is 2.62. The van der Waals surface area contributed by atoms with Gasteiger partial charge in [-0.2, -0.15) is 0 Å². The monoisotopic (exact) mass is 236 g/mol. The van der Waals surface area contributed by atoms with Gasteiger partial charge in [0.15, 0.2) is 0 Å². The van der Waals surface area contributed by atoms with Crippen molar-refractivity contribution in [2.45, 2.75) is 0 Å². The number of rotatable bonds is 1. The van der Waals surface area contributed by atoms with Gasteiger partial charge in [0.25, 0.3) is 0 Å². The molecule has 1 rings (SSSR count). The van der Waals surface area contributed by atoms with Crippen LogP contribution in [0.3, 0.4) is 0 Å². The summed E-state index contributed by atoms with van der Waals surface area (Å²) in [6, 6.07) is 3.10. The van der Waals surface area contributed by atoms with Gasteiger partial charge < -0.3 is 9.84 Å². The fourth-order valence-electron chi connectivity index (χ4n) is 0.668. The van der Waals surface area contributed by atoms with Gasteiger partial charge in [-0.3, -0.25) is 0 Å². The summed E-state index contributed by atoms with van der Waals surface area (Å²) in [4.78, 5) is 0. The molecule has 0 unspecified atom stereocenters. The SMILES string of the molecule is COc1cc(O)c(Br)c(Cl)c1. The second kappa shape index (κ2) is 3.32. The van der Waals surface area contributed by atoms with E-state index in [2.05, 4.69) is 15.9 Å². The van der Waals surface area contributed by atoms with Crippen molar-refractivity contribution in [1.82, 2.24) is 0 Å². The van der Waals surface area contributed by atoms with Gasteiger partial charge in [0.2, 0.25) is 0 Å². The lowest BCUT2D eigenvalue weighted by molar-refractivity contribution is 0.407. The van der Waals surface area contributed by atoms with E-state index < -0.39 is 0 Å². The number of methoxy groups -OCH3 is 1. The molecule has 0 amide bonds. The van der Waals surface area contributed by atoms with Gasteiger partial charge in [-0.15, -0.1) is 0 Å². The van der Waals surface area contributed by atoms with Crippen LogP contribution in [0.5, 0.6) is 11.5 Å². The summed E-state index contributed by atoms with van der Waals surface area (Å²) < 4.78 is 5.35. The first-order chi connectivity index (χ1) is 5.15. The Balaban J connectivity index is 3.21. The van der Waals surface area contributed by atoms with Gasteiger partial charge in [-0.1, -0.05) is 11.6 Å². The lowest BCUT2D eigenvalue weighted by Gasteiger charge is -2.03. The number of hydrogen-bond acceptors (Lipinski definition) is 2. The molecule has 60 valence electrons. The standard InChI is InChI=1S/C7H6BrClO2/c1-11-4-2-5(9)7(8)6(10)3-4/h2-3,10H,1H3. The predicted octanol–water partition coefficient (Wildman–Crippen LogP) is 2.82. The molecular weight excluding hydrogens is 231 g/mol. The van der Waals surface area contributed by atoms with Gasteiger partial charge in [0.05, 0.1) is 16.6 Å².